The van der Waals surface area contributed by atoms with Gasteiger partial charge in [0.25, 0.3) is 0 Å². The first-order chi connectivity index (χ1) is 7.04. The second-order valence-electron chi connectivity index (χ2n) is 4.04. The van der Waals surface area contributed by atoms with Gasteiger partial charge in [-0.25, -0.2) is 4.39 Å². The average molecular weight is 208 g/mol. The van der Waals surface area contributed by atoms with E-state index in [9.17, 15) is 4.39 Å². The van der Waals surface area contributed by atoms with Crippen LogP contribution in [0.5, 0.6) is 0 Å². The Morgan fingerprint density at radius 2 is 2.13 bits per heavy atom. The predicted molar refractivity (Wildman–Crippen MR) is 61.0 cm³/mol. The molecule has 82 valence electrons. The number of rotatable bonds is 3. The van der Waals surface area contributed by atoms with Gasteiger partial charge in [-0.05, 0) is 35.6 Å². The van der Waals surface area contributed by atoms with Crippen LogP contribution in [0.4, 0.5) is 4.39 Å². The van der Waals surface area contributed by atoms with Crippen molar-refractivity contribution in [1.82, 2.24) is 0 Å². The first-order valence-corrected chi connectivity index (χ1v) is 5.12. The van der Waals surface area contributed by atoms with Crippen LogP contribution in [-0.4, -0.2) is 11.7 Å². The lowest BCUT2D eigenvalue weighted by molar-refractivity contribution is 0.320. The summed E-state index contributed by atoms with van der Waals surface area (Å²) in [5.74, 6) is 0.0733. The molecule has 0 saturated heterocycles. The molecule has 0 atom stereocenters. The van der Waals surface area contributed by atoms with Gasteiger partial charge < -0.3 is 5.11 Å². The molecule has 0 saturated carbocycles. The van der Waals surface area contributed by atoms with E-state index in [1.54, 1.807) is 13.0 Å². The van der Waals surface area contributed by atoms with Crippen molar-refractivity contribution in [3.05, 3.63) is 40.7 Å². The van der Waals surface area contributed by atoms with E-state index in [1.165, 1.54) is 6.07 Å². The summed E-state index contributed by atoms with van der Waals surface area (Å²) in [5, 5.41) is 9.12. The SMILES string of the molecule is Cc1ccc(C=C(CO)C(C)C)cc1F. The number of hydrogen-bond donors (Lipinski definition) is 1. The molecular formula is C13H17FO. The second-order valence-corrected chi connectivity index (χ2v) is 4.04. The van der Waals surface area contributed by atoms with E-state index in [1.807, 2.05) is 26.0 Å². The summed E-state index contributed by atoms with van der Waals surface area (Å²) >= 11 is 0. The minimum Gasteiger partial charge on any atom is -0.392 e. The van der Waals surface area contributed by atoms with Crippen molar-refractivity contribution in [1.29, 1.82) is 0 Å². The summed E-state index contributed by atoms with van der Waals surface area (Å²) in [6, 6.07) is 5.10. The molecule has 0 aliphatic rings. The Hall–Kier alpha value is -1.15. The quantitative estimate of drug-likeness (QED) is 0.809. The van der Waals surface area contributed by atoms with Crippen LogP contribution in [0.2, 0.25) is 0 Å². The van der Waals surface area contributed by atoms with Gasteiger partial charge in [0.05, 0.1) is 6.61 Å². The zero-order valence-electron chi connectivity index (χ0n) is 9.42. The molecule has 15 heavy (non-hydrogen) atoms. The molecule has 1 aromatic carbocycles. The predicted octanol–water partition coefficient (Wildman–Crippen LogP) is 3.17. The number of halogens is 1. The fourth-order valence-electron chi connectivity index (χ4n) is 1.31. The van der Waals surface area contributed by atoms with Gasteiger partial charge in [0.15, 0.2) is 0 Å². The van der Waals surface area contributed by atoms with Crippen LogP contribution in [0.15, 0.2) is 23.8 Å². The molecule has 1 aromatic rings. The molecule has 0 amide bonds. The Bertz CT molecular complexity index is 367. The van der Waals surface area contributed by atoms with E-state index < -0.39 is 0 Å². The van der Waals surface area contributed by atoms with E-state index in [2.05, 4.69) is 0 Å². The Morgan fingerprint density at radius 1 is 1.47 bits per heavy atom. The summed E-state index contributed by atoms with van der Waals surface area (Å²) in [6.45, 7) is 5.77. The number of hydrogen-bond acceptors (Lipinski definition) is 1. The smallest absolute Gasteiger partial charge is 0.126 e. The molecule has 1 nitrogen and oxygen atoms in total. The van der Waals surface area contributed by atoms with E-state index in [4.69, 9.17) is 5.11 Å². The van der Waals surface area contributed by atoms with Crippen molar-refractivity contribution in [2.45, 2.75) is 20.8 Å². The van der Waals surface area contributed by atoms with E-state index in [-0.39, 0.29) is 18.3 Å². The highest BCUT2D eigenvalue weighted by atomic mass is 19.1. The fourth-order valence-corrected chi connectivity index (χ4v) is 1.31. The maximum atomic E-state index is 13.2. The topological polar surface area (TPSA) is 20.2 Å². The zero-order chi connectivity index (χ0) is 11.4. The summed E-state index contributed by atoms with van der Waals surface area (Å²) in [5.41, 5.74) is 2.36. The van der Waals surface area contributed by atoms with Crippen molar-refractivity contribution in [2.24, 2.45) is 5.92 Å². The molecule has 0 heterocycles. The molecule has 2 heteroatoms. The van der Waals surface area contributed by atoms with Crippen LogP contribution in [0.1, 0.15) is 25.0 Å². The maximum absolute atomic E-state index is 13.2. The minimum absolute atomic E-state index is 0.0210. The van der Waals surface area contributed by atoms with E-state index in [0.717, 1.165) is 11.1 Å². The molecule has 0 bridgehead atoms. The first-order valence-electron chi connectivity index (χ1n) is 5.12. The Kier molecular flexibility index (Phi) is 4.04. The van der Waals surface area contributed by atoms with Crippen LogP contribution in [0, 0.1) is 18.7 Å². The molecule has 1 N–H and O–H groups in total. The Labute approximate surface area is 90.3 Å². The van der Waals surface area contributed by atoms with E-state index in [0.29, 0.717) is 5.56 Å². The zero-order valence-corrected chi connectivity index (χ0v) is 9.42. The molecule has 0 fully saturated rings. The van der Waals surface area contributed by atoms with Crippen LogP contribution in [0.3, 0.4) is 0 Å². The standard InChI is InChI=1S/C13H17FO/c1-9(2)12(8-15)6-11-5-4-10(3)13(14)7-11/h4-7,9,15H,8H2,1-3H3. The summed E-state index contributed by atoms with van der Waals surface area (Å²) in [7, 11) is 0. The highest BCUT2D eigenvalue weighted by Crippen LogP contribution is 2.16. The summed E-state index contributed by atoms with van der Waals surface area (Å²) in [4.78, 5) is 0. The molecule has 1 rings (SSSR count). The van der Waals surface area contributed by atoms with Crippen molar-refractivity contribution < 1.29 is 9.50 Å². The average Bonchev–Trinajstić information content (AvgIpc) is 2.19. The van der Waals surface area contributed by atoms with Crippen LogP contribution in [0.25, 0.3) is 6.08 Å². The van der Waals surface area contributed by atoms with Crippen LogP contribution >= 0.6 is 0 Å². The minimum atomic E-state index is -0.204. The number of benzene rings is 1. The van der Waals surface area contributed by atoms with Crippen molar-refractivity contribution in [3.8, 4) is 0 Å². The fraction of sp³-hybridized carbons (Fsp3) is 0.385. The molecule has 0 aromatic heterocycles. The monoisotopic (exact) mass is 208 g/mol. The summed E-state index contributed by atoms with van der Waals surface area (Å²) in [6.07, 6.45) is 1.84. The van der Waals surface area contributed by atoms with Gasteiger partial charge in [-0.15, -0.1) is 0 Å². The molecule has 0 unspecified atom stereocenters. The van der Waals surface area contributed by atoms with Gasteiger partial charge in [0, 0.05) is 0 Å². The lowest BCUT2D eigenvalue weighted by Crippen LogP contribution is -1.99. The lowest BCUT2D eigenvalue weighted by atomic mass is 10.0. The third-order valence-corrected chi connectivity index (χ3v) is 2.47. The van der Waals surface area contributed by atoms with E-state index >= 15 is 0 Å². The maximum Gasteiger partial charge on any atom is 0.126 e. The van der Waals surface area contributed by atoms with Gasteiger partial charge in [-0.2, -0.15) is 0 Å². The van der Waals surface area contributed by atoms with Gasteiger partial charge in [-0.3, -0.25) is 0 Å². The highest BCUT2D eigenvalue weighted by molar-refractivity contribution is 5.54. The Morgan fingerprint density at radius 3 is 2.60 bits per heavy atom. The molecule has 0 aliphatic heterocycles. The van der Waals surface area contributed by atoms with Crippen LogP contribution < -0.4 is 0 Å². The normalized spacial score (nSPS) is 12.3. The Balaban J connectivity index is 3.01. The lowest BCUT2D eigenvalue weighted by Gasteiger charge is -2.08. The van der Waals surface area contributed by atoms with Gasteiger partial charge in [0.2, 0.25) is 0 Å². The number of aliphatic hydroxyl groups is 1. The number of aryl methyl sites for hydroxylation is 1. The second kappa shape index (κ2) is 5.08. The summed E-state index contributed by atoms with van der Waals surface area (Å²) < 4.78 is 13.2. The number of aliphatic hydroxyl groups excluding tert-OH is 1. The first kappa shape index (κ1) is 11.9. The van der Waals surface area contributed by atoms with Crippen molar-refractivity contribution in [3.63, 3.8) is 0 Å². The highest BCUT2D eigenvalue weighted by Gasteiger charge is 2.03. The molecular weight excluding hydrogens is 191 g/mol. The van der Waals surface area contributed by atoms with Gasteiger partial charge in [-0.1, -0.05) is 32.1 Å². The van der Waals surface area contributed by atoms with Gasteiger partial charge in [0.1, 0.15) is 5.82 Å². The third kappa shape index (κ3) is 3.17. The largest absolute Gasteiger partial charge is 0.392 e. The molecule has 0 radical (unpaired) electrons. The molecule has 0 spiro atoms. The molecule has 0 aliphatic carbocycles. The van der Waals surface area contributed by atoms with Crippen molar-refractivity contribution in [2.75, 3.05) is 6.61 Å². The van der Waals surface area contributed by atoms with Crippen LogP contribution in [-0.2, 0) is 0 Å². The third-order valence-electron chi connectivity index (χ3n) is 2.47. The van der Waals surface area contributed by atoms with Crippen molar-refractivity contribution >= 4 is 6.08 Å². The van der Waals surface area contributed by atoms with Gasteiger partial charge >= 0.3 is 0 Å².